The number of nitrogens with zero attached hydrogens (tertiary/aromatic N) is 1. The van der Waals surface area contributed by atoms with E-state index in [1.165, 1.54) is 7.11 Å². The van der Waals surface area contributed by atoms with Gasteiger partial charge in [0.2, 0.25) is 5.91 Å². The molecule has 1 amide bonds. The summed E-state index contributed by atoms with van der Waals surface area (Å²) in [6.45, 7) is 6.97. The van der Waals surface area contributed by atoms with Gasteiger partial charge in [0.25, 0.3) is 0 Å². The van der Waals surface area contributed by atoms with Gasteiger partial charge in [-0.1, -0.05) is 0 Å². The van der Waals surface area contributed by atoms with Crippen LogP contribution in [0.15, 0.2) is 0 Å². The zero-order chi connectivity index (χ0) is 14.3. The molecular formula is C13H25N3O3. The van der Waals surface area contributed by atoms with Gasteiger partial charge in [0.1, 0.15) is 0 Å². The number of amides is 1. The molecule has 19 heavy (non-hydrogen) atoms. The predicted octanol–water partition coefficient (Wildman–Crippen LogP) is -0.262. The van der Waals surface area contributed by atoms with Crippen molar-refractivity contribution in [2.75, 3.05) is 33.3 Å². The predicted molar refractivity (Wildman–Crippen MR) is 72.8 cm³/mol. The molecule has 1 saturated heterocycles. The van der Waals surface area contributed by atoms with Gasteiger partial charge in [-0.2, -0.15) is 0 Å². The lowest BCUT2D eigenvalue weighted by atomic mass is 10.1. The van der Waals surface area contributed by atoms with Gasteiger partial charge < -0.3 is 15.4 Å². The van der Waals surface area contributed by atoms with Crippen molar-refractivity contribution in [2.24, 2.45) is 0 Å². The number of carbonyl (C=O) groups excluding carboxylic acids is 2. The van der Waals surface area contributed by atoms with Gasteiger partial charge >= 0.3 is 5.97 Å². The van der Waals surface area contributed by atoms with E-state index in [1.807, 2.05) is 0 Å². The highest BCUT2D eigenvalue weighted by molar-refractivity contribution is 5.78. The molecule has 0 aliphatic carbocycles. The van der Waals surface area contributed by atoms with Crippen LogP contribution in [0.3, 0.4) is 0 Å². The fourth-order valence-electron chi connectivity index (χ4n) is 2.12. The highest BCUT2D eigenvalue weighted by atomic mass is 16.5. The summed E-state index contributed by atoms with van der Waals surface area (Å²) in [5.74, 6) is -0.218. The molecule has 2 unspecified atom stereocenters. The van der Waals surface area contributed by atoms with Crippen molar-refractivity contribution in [3.8, 4) is 0 Å². The second-order valence-corrected chi connectivity index (χ2v) is 5.12. The number of hydrogen-bond acceptors (Lipinski definition) is 5. The van der Waals surface area contributed by atoms with Crippen molar-refractivity contribution in [1.82, 2.24) is 15.5 Å². The number of carbonyl (C=O) groups is 2. The third-order valence-corrected chi connectivity index (χ3v) is 3.35. The van der Waals surface area contributed by atoms with Crippen molar-refractivity contribution in [3.63, 3.8) is 0 Å². The Kier molecular flexibility index (Phi) is 6.80. The SMILES string of the molecule is COC(=O)CCCNC(=O)CN1CC(C)NCC1C. The van der Waals surface area contributed by atoms with Crippen molar-refractivity contribution in [1.29, 1.82) is 0 Å². The highest BCUT2D eigenvalue weighted by Gasteiger charge is 2.23. The Labute approximate surface area is 114 Å². The van der Waals surface area contributed by atoms with Crippen LogP contribution in [-0.2, 0) is 14.3 Å². The van der Waals surface area contributed by atoms with Crippen LogP contribution >= 0.6 is 0 Å². The van der Waals surface area contributed by atoms with Crippen molar-refractivity contribution >= 4 is 11.9 Å². The van der Waals surface area contributed by atoms with Gasteiger partial charge in [-0.3, -0.25) is 14.5 Å². The van der Waals surface area contributed by atoms with Gasteiger partial charge in [0, 0.05) is 38.1 Å². The molecule has 0 spiro atoms. The Hall–Kier alpha value is -1.14. The molecule has 6 nitrogen and oxygen atoms in total. The molecule has 2 N–H and O–H groups in total. The molecule has 0 radical (unpaired) electrons. The van der Waals surface area contributed by atoms with Crippen LogP contribution in [-0.4, -0.2) is 62.1 Å². The maximum Gasteiger partial charge on any atom is 0.305 e. The van der Waals surface area contributed by atoms with Gasteiger partial charge in [-0.15, -0.1) is 0 Å². The summed E-state index contributed by atoms with van der Waals surface area (Å²) in [5, 5.41) is 6.22. The summed E-state index contributed by atoms with van der Waals surface area (Å²) in [5.41, 5.74) is 0. The minimum atomic E-state index is -0.237. The van der Waals surface area contributed by atoms with E-state index < -0.39 is 0 Å². The Morgan fingerprint density at radius 2 is 2.16 bits per heavy atom. The first-order chi connectivity index (χ1) is 9.02. The van der Waals surface area contributed by atoms with E-state index in [2.05, 4.69) is 34.1 Å². The maximum atomic E-state index is 11.8. The van der Waals surface area contributed by atoms with Gasteiger partial charge in [0.05, 0.1) is 13.7 Å². The molecule has 1 aliphatic heterocycles. The van der Waals surface area contributed by atoms with Crippen LogP contribution in [0.5, 0.6) is 0 Å². The van der Waals surface area contributed by atoms with Gasteiger partial charge in [-0.05, 0) is 20.3 Å². The van der Waals surface area contributed by atoms with E-state index in [9.17, 15) is 9.59 Å². The van der Waals surface area contributed by atoms with E-state index in [1.54, 1.807) is 0 Å². The topological polar surface area (TPSA) is 70.7 Å². The van der Waals surface area contributed by atoms with Crippen LogP contribution in [0.1, 0.15) is 26.7 Å². The zero-order valence-electron chi connectivity index (χ0n) is 12.1. The molecule has 1 fully saturated rings. The molecule has 0 aromatic carbocycles. The van der Waals surface area contributed by atoms with Crippen molar-refractivity contribution in [2.45, 2.75) is 38.8 Å². The summed E-state index contributed by atoms with van der Waals surface area (Å²) in [6, 6.07) is 0.792. The van der Waals surface area contributed by atoms with Crippen LogP contribution in [0.2, 0.25) is 0 Å². The Morgan fingerprint density at radius 3 is 2.84 bits per heavy atom. The molecule has 1 rings (SSSR count). The molecule has 6 heteroatoms. The number of rotatable bonds is 6. The second-order valence-electron chi connectivity index (χ2n) is 5.12. The fraction of sp³-hybridized carbons (Fsp3) is 0.846. The number of methoxy groups -OCH3 is 1. The van der Waals surface area contributed by atoms with Crippen LogP contribution in [0.4, 0.5) is 0 Å². The quantitative estimate of drug-likeness (QED) is 0.514. The normalized spacial score (nSPS) is 23.9. The lowest BCUT2D eigenvalue weighted by molar-refractivity contribution is -0.140. The molecule has 0 aromatic rings. The third-order valence-electron chi connectivity index (χ3n) is 3.35. The Morgan fingerprint density at radius 1 is 1.42 bits per heavy atom. The first-order valence-electron chi connectivity index (χ1n) is 6.84. The van der Waals surface area contributed by atoms with E-state index in [4.69, 9.17) is 0 Å². The Balaban J connectivity index is 2.17. The fourth-order valence-corrected chi connectivity index (χ4v) is 2.12. The smallest absolute Gasteiger partial charge is 0.305 e. The highest BCUT2D eigenvalue weighted by Crippen LogP contribution is 2.05. The number of piperazine rings is 1. The Bertz CT molecular complexity index is 310. The summed E-state index contributed by atoms with van der Waals surface area (Å²) in [4.78, 5) is 24.9. The molecule has 0 saturated carbocycles. The molecular weight excluding hydrogens is 246 g/mol. The minimum absolute atomic E-state index is 0.0193. The van der Waals surface area contributed by atoms with Crippen LogP contribution < -0.4 is 10.6 Å². The number of ether oxygens (including phenoxy) is 1. The van der Waals surface area contributed by atoms with Crippen molar-refractivity contribution in [3.05, 3.63) is 0 Å². The van der Waals surface area contributed by atoms with E-state index >= 15 is 0 Å². The van der Waals surface area contributed by atoms with Crippen LogP contribution in [0.25, 0.3) is 0 Å². The lowest BCUT2D eigenvalue weighted by Crippen LogP contribution is -2.56. The maximum absolute atomic E-state index is 11.8. The summed E-state index contributed by atoms with van der Waals surface area (Å²) in [7, 11) is 1.37. The molecule has 1 heterocycles. The average Bonchev–Trinajstić information content (AvgIpc) is 2.38. The van der Waals surface area contributed by atoms with E-state index in [0.717, 1.165) is 13.1 Å². The second kappa shape index (κ2) is 8.12. The molecule has 110 valence electrons. The standard InChI is InChI=1S/C13H25N3O3/c1-10-8-16(11(2)7-15-10)9-12(17)14-6-4-5-13(18)19-3/h10-11,15H,4-9H2,1-3H3,(H,14,17). The molecule has 0 bridgehead atoms. The van der Waals surface area contributed by atoms with Crippen LogP contribution in [0, 0.1) is 0 Å². The monoisotopic (exact) mass is 271 g/mol. The summed E-state index contributed by atoms with van der Waals surface area (Å²) in [6.07, 6.45) is 0.962. The third kappa shape index (κ3) is 6.02. The molecule has 0 aromatic heterocycles. The zero-order valence-corrected chi connectivity index (χ0v) is 12.1. The minimum Gasteiger partial charge on any atom is -0.469 e. The van der Waals surface area contributed by atoms with Crippen molar-refractivity contribution < 1.29 is 14.3 Å². The van der Waals surface area contributed by atoms with Gasteiger partial charge in [0.15, 0.2) is 0 Å². The van der Waals surface area contributed by atoms with Gasteiger partial charge in [-0.25, -0.2) is 0 Å². The van der Waals surface area contributed by atoms with E-state index in [-0.39, 0.29) is 11.9 Å². The lowest BCUT2D eigenvalue weighted by Gasteiger charge is -2.36. The molecule has 1 aliphatic rings. The van der Waals surface area contributed by atoms with E-state index in [0.29, 0.717) is 38.0 Å². The largest absolute Gasteiger partial charge is 0.469 e. The average molecular weight is 271 g/mol. The number of nitrogens with one attached hydrogen (secondary N) is 2. The number of esters is 1. The first kappa shape index (κ1) is 15.9. The number of hydrogen-bond donors (Lipinski definition) is 2. The first-order valence-corrected chi connectivity index (χ1v) is 6.84. The molecule has 2 atom stereocenters. The summed E-state index contributed by atoms with van der Waals surface area (Å²) < 4.78 is 4.54. The summed E-state index contributed by atoms with van der Waals surface area (Å²) >= 11 is 0.